The molecule has 0 saturated heterocycles. The zero-order valence-corrected chi connectivity index (χ0v) is 29.5. The molecule has 0 spiro atoms. The topological polar surface area (TPSA) is 164 Å². The van der Waals surface area contributed by atoms with Crippen molar-refractivity contribution < 1.29 is 82.4 Å². The minimum atomic E-state index is -4.80. The number of carbonyl (C=O) groups excluding carboxylic acids is 3. The van der Waals surface area contributed by atoms with E-state index in [1.807, 2.05) is 6.92 Å². The van der Waals surface area contributed by atoms with Gasteiger partial charge in [-0.1, -0.05) is 13.8 Å². The lowest BCUT2D eigenvalue weighted by molar-refractivity contribution is -0.413. The molecular formula is C31H49F8NO9S. The SMILES string of the molecule is CCC(CC(=O)OCCC(F)(F)F)OC(=O)C(C)(C)CC.O=C(OCCS(=O)(=O)[O-])C12CC3CC(CC(C3)C1)C2.[NH3+]CC(F)(F)CC(F)(F)F. The van der Waals surface area contributed by atoms with Crippen LogP contribution in [0.25, 0.3) is 0 Å². The molecule has 19 heteroatoms. The largest absolute Gasteiger partial charge is 0.748 e. The van der Waals surface area contributed by atoms with Crippen molar-refractivity contribution in [2.75, 3.05) is 25.5 Å². The molecule has 3 N–H and O–H groups in total. The predicted molar refractivity (Wildman–Crippen MR) is 160 cm³/mol. The van der Waals surface area contributed by atoms with Crippen LogP contribution in [0.15, 0.2) is 0 Å². The van der Waals surface area contributed by atoms with E-state index in [0.717, 1.165) is 19.3 Å². The van der Waals surface area contributed by atoms with Crippen LogP contribution in [-0.2, 0) is 38.7 Å². The number of ether oxygens (including phenoxy) is 3. The fourth-order valence-corrected chi connectivity index (χ4v) is 6.67. The van der Waals surface area contributed by atoms with Crippen LogP contribution >= 0.6 is 0 Å². The minimum Gasteiger partial charge on any atom is -0.748 e. The molecule has 0 heterocycles. The number of alkyl halides is 8. The van der Waals surface area contributed by atoms with E-state index >= 15 is 0 Å². The van der Waals surface area contributed by atoms with Crippen molar-refractivity contribution in [1.29, 1.82) is 0 Å². The Labute approximate surface area is 287 Å². The Hall–Kier alpha value is -2.28. The van der Waals surface area contributed by atoms with Gasteiger partial charge >= 0.3 is 36.2 Å². The summed E-state index contributed by atoms with van der Waals surface area (Å²) in [7, 11) is -4.30. The molecule has 0 aliphatic heterocycles. The standard InChI is InChI=1S/C14H23F3O4.C13H20O5S.C4H6F5N/c1-5-10(21-12(19)13(3,4)6-2)9-11(18)20-8-7-14(15,16)17;14-12(18-1-2-19(15,16)17)13-6-9-3-10(7-13)5-11(4-9)8-13;5-3(6,2-10)1-4(7,8)9/h10H,5-9H2,1-4H3;9-11H,1-8H2,(H,15,16,17);1-2,10H2. The van der Waals surface area contributed by atoms with Gasteiger partial charge in [-0.25, -0.2) is 8.42 Å². The smallest absolute Gasteiger partial charge is 0.395 e. The summed E-state index contributed by atoms with van der Waals surface area (Å²) in [4.78, 5) is 35.6. The van der Waals surface area contributed by atoms with Crippen molar-refractivity contribution in [3.63, 3.8) is 0 Å². The lowest BCUT2D eigenvalue weighted by atomic mass is 9.49. The first-order valence-corrected chi connectivity index (χ1v) is 18.0. The molecule has 50 heavy (non-hydrogen) atoms. The van der Waals surface area contributed by atoms with Crippen LogP contribution in [0, 0.1) is 28.6 Å². The summed E-state index contributed by atoms with van der Waals surface area (Å²) >= 11 is 0. The quantitative estimate of drug-likeness (QED) is 0.101. The number of quaternary nitrogens is 1. The van der Waals surface area contributed by atoms with E-state index in [9.17, 15) is 62.5 Å². The van der Waals surface area contributed by atoms with E-state index < -0.39 is 83.6 Å². The molecule has 0 radical (unpaired) electrons. The molecule has 4 aliphatic rings. The van der Waals surface area contributed by atoms with Crippen LogP contribution < -0.4 is 5.73 Å². The van der Waals surface area contributed by atoms with Crippen molar-refractivity contribution in [2.45, 2.75) is 123 Å². The van der Waals surface area contributed by atoms with Gasteiger partial charge in [-0.15, -0.1) is 0 Å². The predicted octanol–water partition coefficient (Wildman–Crippen LogP) is 5.74. The Balaban J connectivity index is 0.000000398. The maximum Gasteiger partial charge on any atom is 0.395 e. The first-order valence-electron chi connectivity index (χ1n) is 16.4. The summed E-state index contributed by atoms with van der Waals surface area (Å²) in [6.45, 7) is 4.98. The molecule has 10 nitrogen and oxygen atoms in total. The zero-order valence-electron chi connectivity index (χ0n) is 28.7. The molecule has 4 bridgehead atoms. The average Bonchev–Trinajstić information content (AvgIpc) is 2.94. The second-order valence-electron chi connectivity index (χ2n) is 14.0. The molecule has 4 aliphatic carbocycles. The lowest BCUT2D eigenvalue weighted by Crippen LogP contribution is -2.59. The fourth-order valence-electron chi connectivity index (χ4n) is 6.38. The maximum absolute atomic E-state index is 12.3. The Morgan fingerprint density at radius 3 is 1.72 bits per heavy atom. The van der Waals surface area contributed by atoms with Crippen molar-refractivity contribution >= 4 is 28.0 Å². The third-order valence-electron chi connectivity index (χ3n) is 9.07. The molecule has 1 atom stereocenters. The summed E-state index contributed by atoms with van der Waals surface area (Å²) in [6, 6.07) is 0. The van der Waals surface area contributed by atoms with E-state index in [-0.39, 0.29) is 24.4 Å². The van der Waals surface area contributed by atoms with Gasteiger partial charge in [0.1, 0.15) is 25.7 Å². The average molecular weight is 764 g/mol. The molecule has 0 amide bonds. The molecule has 294 valence electrons. The first kappa shape index (κ1) is 45.7. The molecular weight excluding hydrogens is 714 g/mol. The van der Waals surface area contributed by atoms with Crippen LogP contribution in [-0.4, -0.2) is 80.8 Å². The third-order valence-corrected chi connectivity index (χ3v) is 9.74. The second kappa shape index (κ2) is 18.5. The highest BCUT2D eigenvalue weighted by Gasteiger charge is 2.55. The van der Waals surface area contributed by atoms with Crippen LogP contribution in [0.2, 0.25) is 0 Å². The highest BCUT2D eigenvalue weighted by Crippen LogP contribution is 2.60. The minimum absolute atomic E-state index is 0.236. The summed E-state index contributed by atoms with van der Waals surface area (Å²) in [5, 5.41) is 0. The van der Waals surface area contributed by atoms with Gasteiger partial charge in [-0.3, -0.25) is 14.4 Å². The number of halogens is 8. The normalized spacial score (nSPS) is 23.8. The number of hydrogen-bond acceptors (Lipinski definition) is 9. The van der Waals surface area contributed by atoms with E-state index in [1.54, 1.807) is 20.8 Å². The summed E-state index contributed by atoms with van der Waals surface area (Å²) in [5.74, 6) is -3.90. The monoisotopic (exact) mass is 763 g/mol. The number of hydrogen-bond donors (Lipinski definition) is 1. The Morgan fingerprint density at radius 1 is 0.860 bits per heavy atom. The van der Waals surface area contributed by atoms with E-state index in [4.69, 9.17) is 9.47 Å². The summed E-state index contributed by atoms with van der Waals surface area (Å²) in [6.07, 6.45) is -5.99. The lowest BCUT2D eigenvalue weighted by Gasteiger charge is -2.55. The molecule has 0 aromatic heterocycles. The Bertz CT molecular complexity index is 1190. The molecule has 0 aromatic rings. The van der Waals surface area contributed by atoms with Gasteiger partial charge in [0.25, 0.3) is 0 Å². The number of rotatable bonds is 14. The molecule has 4 fully saturated rings. The molecule has 1 unspecified atom stereocenters. The second-order valence-corrected chi connectivity index (χ2v) is 15.5. The van der Waals surface area contributed by atoms with Gasteiger partial charge in [0.05, 0.1) is 46.1 Å². The first-order chi connectivity index (χ1) is 22.6. The highest BCUT2D eigenvalue weighted by atomic mass is 32.2. The van der Waals surface area contributed by atoms with E-state index in [2.05, 4.69) is 10.5 Å². The maximum atomic E-state index is 12.3. The number of carbonyl (C=O) groups is 3. The van der Waals surface area contributed by atoms with Crippen LogP contribution in [0.4, 0.5) is 35.1 Å². The van der Waals surface area contributed by atoms with Gasteiger partial charge in [-0.2, -0.15) is 35.1 Å². The van der Waals surface area contributed by atoms with Crippen molar-refractivity contribution in [1.82, 2.24) is 0 Å². The Morgan fingerprint density at radius 2 is 1.36 bits per heavy atom. The Kier molecular flexibility index (Phi) is 16.9. The van der Waals surface area contributed by atoms with Crippen LogP contribution in [0.5, 0.6) is 0 Å². The van der Waals surface area contributed by atoms with Crippen molar-refractivity contribution in [3.05, 3.63) is 0 Å². The van der Waals surface area contributed by atoms with Gasteiger partial charge < -0.3 is 24.5 Å². The van der Waals surface area contributed by atoms with E-state index in [1.165, 1.54) is 19.3 Å². The molecule has 0 aromatic carbocycles. The zero-order chi connectivity index (χ0) is 38.8. The third kappa shape index (κ3) is 17.3. The molecule has 4 rings (SSSR count). The van der Waals surface area contributed by atoms with Crippen molar-refractivity contribution in [2.24, 2.45) is 28.6 Å². The van der Waals surface area contributed by atoms with Crippen LogP contribution in [0.1, 0.15) is 98.3 Å². The van der Waals surface area contributed by atoms with Crippen molar-refractivity contribution in [3.8, 4) is 0 Å². The fraction of sp³-hybridized carbons (Fsp3) is 0.903. The van der Waals surface area contributed by atoms with Gasteiger partial charge in [0, 0.05) is 0 Å². The molecule has 4 saturated carbocycles. The highest BCUT2D eigenvalue weighted by molar-refractivity contribution is 7.85. The summed E-state index contributed by atoms with van der Waals surface area (Å²) in [5.41, 5.74) is 1.66. The van der Waals surface area contributed by atoms with Crippen LogP contribution in [0.3, 0.4) is 0 Å². The van der Waals surface area contributed by atoms with Gasteiger partial charge in [0.15, 0.2) is 0 Å². The van der Waals surface area contributed by atoms with Gasteiger partial charge in [-0.05, 0) is 83.0 Å². The van der Waals surface area contributed by atoms with Gasteiger partial charge in [0.2, 0.25) is 0 Å². The van der Waals surface area contributed by atoms with E-state index in [0.29, 0.717) is 30.6 Å². The number of esters is 3. The summed E-state index contributed by atoms with van der Waals surface area (Å²) < 4.78 is 140.